The number of hydrogen-bond acceptors (Lipinski definition) is 2. The van der Waals surface area contributed by atoms with E-state index >= 15 is 0 Å². The van der Waals surface area contributed by atoms with E-state index in [2.05, 4.69) is 10.6 Å². The third-order valence-electron chi connectivity index (χ3n) is 3.29. The number of carbonyl (C=O) groups is 2. The number of likely N-dealkylation sites (N-methyl/N-ethyl adjacent to an activating group) is 1. The summed E-state index contributed by atoms with van der Waals surface area (Å²) < 4.78 is 0. The van der Waals surface area contributed by atoms with Crippen molar-refractivity contribution in [1.82, 2.24) is 10.6 Å². The maximum absolute atomic E-state index is 12.3. The van der Waals surface area contributed by atoms with E-state index in [1.165, 1.54) is 0 Å². The average Bonchev–Trinajstić information content (AvgIpc) is 2.56. The molecule has 0 aliphatic rings. The van der Waals surface area contributed by atoms with Gasteiger partial charge in [0, 0.05) is 18.5 Å². The number of carbonyl (C=O) groups excluding carboxylic acids is 2. The Morgan fingerprint density at radius 1 is 0.955 bits per heavy atom. The van der Waals surface area contributed by atoms with Crippen LogP contribution in [0.25, 0.3) is 0 Å². The normalized spacial score (nSPS) is 11.5. The van der Waals surface area contributed by atoms with Gasteiger partial charge >= 0.3 is 0 Å². The minimum Gasteiger partial charge on any atom is -0.355 e. The molecule has 114 valence electrons. The van der Waals surface area contributed by atoms with E-state index in [-0.39, 0.29) is 11.8 Å². The quantitative estimate of drug-likeness (QED) is 0.858. The first kappa shape index (κ1) is 15.8. The fourth-order valence-corrected chi connectivity index (χ4v) is 2.19. The molecular formula is C18H20N2O2. The number of rotatable bonds is 6. The van der Waals surface area contributed by atoms with Crippen LogP contribution < -0.4 is 10.6 Å². The van der Waals surface area contributed by atoms with Gasteiger partial charge in [0.05, 0.1) is 0 Å². The minimum absolute atomic E-state index is 0.171. The van der Waals surface area contributed by atoms with Crippen molar-refractivity contribution < 1.29 is 9.59 Å². The summed E-state index contributed by atoms with van der Waals surface area (Å²) in [7, 11) is 0. The van der Waals surface area contributed by atoms with Gasteiger partial charge in [0.2, 0.25) is 5.91 Å². The zero-order valence-corrected chi connectivity index (χ0v) is 12.6. The van der Waals surface area contributed by atoms with Crippen molar-refractivity contribution in [2.45, 2.75) is 19.4 Å². The zero-order valence-electron chi connectivity index (χ0n) is 12.6. The Balaban J connectivity index is 2.11. The topological polar surface area (TPSA) is 58.2 Å². The molecule has 0 aliphatic heterocycles. The summed E-state index contributed by atoms with van der Waals surface area (Å²) >= 11 is 0. The lowest BCUT2D eigenvalue weighted by atomic mass is 10.0. The molecule has 2 aromatic carbocycles. The van der Waals surface area contributed by atoms with Crippen molar-refractivity contribution in [2.75, 3.05) is 6.54 Å². The van der Waals surface area contributed by atoms with Gasteiger partial charge < -0.3 is 10.6 Å². The van der Waals surface area contributed by atoms with E-state index in [1.807, 2.05) is 43.3 Å². The molecule has 2 aromatic rings. The molecule has 4 heteroatoms. The lowest BCUT2D eigenvalue weighted by molar-refractivity contribution is -0.122. The molecule has 2 amide bonds. The molecule has 0 aliphatic carbocycles. The van der Waals surface area contributed by atoms with Crippen LogP contribution in [0.1, 0.15) is 22.8 Å². The maximum Gasteiger partial charge on any atom is 0.251 e. The van der Waals surface area contributed by atoms with Crippen molar-refractivity contribution in [3.63, 3.8) is 0 Å². The lowest BCUT2D eigenvalue weighted by Crippen LogP contribution is -2.48. The Kier molecular flexibility index (Phi) is 5.72. The van der Waals surface area contributed by atoms with Gasteiger partial charge in [0.15, 0.2) is 0 Å². The van der Waals surface area contributed by atoms with Gasteiger partial charge in [-0.25, -0.2) is 0 Å². The summed E-state index contributed by atoms with van der Waals surface area (Å²) in [5.74, 6) is -0.414. The van der Waals surface area contributed by atoms with Crippen molar-refractivity contribution >= 4 is 11.8 Å². The molecule has 2 rings (SSSR count). The van der Waals surface area contributed by atoms with Gasteiger partial charge in [0.1, 0.15) is 6.04 Å². The minimum atomic E-state index is -0.588. The molecule has 0 radical (unpaired) electrons. The molecule has 0 aromatic heterocycles. The van der Waals surface area contributed by atoms with E-state index < -0.39 is 6.04 Å². The monoisotopic (exact) mass is 296 g/mol. The Morgan fingerprint density at radius 3 is 2.14 bits per heavy atom. The second-order valence-corrected chi connectivity index (χ2v) is 4.98. The van der Waals surface area contributed by atoms with Gasteiger partial charge in [-0.15, -0.1) is 0 Å². The Morgan fingerprint density at radius 2 is 1.55 bits per heavy atom. The highest BCUT2D eigenvalue weighted by atomic mass is 16.2. The van der Waals surface area contributed by atoms with Gasteiger partial charge in [-0.2, -0.15) is 0 Å². The molecule has 22 heavy (non-hydrogen) atoms. The summed E-state index contributed by atoms with van der Waals surface area (Å²) in [6, 6.07) is 18.0. The number of nitrogens with one attached hydrogen (secondary N) is 2. The van der Waals surface area contributed by atoms with Crippen LogP contribution in [0.5, 0.6) is 0 Å². The largest absolute Gasteiger partial charge is 0.355 e. The predicted octanol–water partition coefficient (Wildman–Crippen LogP) is 2.16. The highest BCUT2D eigenvalue weighted by molar-refractivity contribution is 5.97. The highest BCUT2D eigenvalue weighted by Gasteiger charge is 2.21. The summed E-state index contributed by atoms with van der Waals surface area (Å²) in [6.45, 7) is 2.39. The molecule has 0 saturated carbocycles. The van der Waals surface area contributed by atoms with Gasteiger partial charge in [-0.3, -0.25) is 9.59 Å². The molecule has 4 nitrogen and oxygen atoms in total. The summed E-state index contributed by atoms with van der Waals surface area (Å²) in [4.78, 5) is 24.5. The molecule has 2 N–H and O–H groups in total. The lowest BCUT2D eigenvalue weighted by Gasteiger charge is -2.18. The molecule has 0 spiro atoms. The predicted molar refractivity (Wildman–Crippen MR) is 86.5 cm³/mol. The van der Waals surface area contributed by atoms with Crippen molar-refractivity contribution in [2.24, 2.45) is 0 Å². The van der Waals surface area contributed by atoms with Gasteiger partial charge in [0.25, 0.3) is 5.91 Å². The standard InChI is InChI=1S/C18H20N2O2/c1-2-19-18(22)16(13-14-9-5-3-6-10-14)20-17(21)15-11-7-4-8-12-15/h3-12,16H,2,13H2,1H3,(H,19,22)(H,20,21). The Labute approximate surface area is 130 Å². The third-order valence-corrected chi connectivity index (χ3v) is 3.29. The van der Waals surface area contributed by atoms with Crippen LogP contribution in [0.3, 0.4) is 0 Å². The fraction of sp³-hybridized carbons (Fsp3) is 0.222. The first-order valence-corrected chi connectivity index (χ1v) is 7.38. The third kappa shape index (κ3) is 4.45. The van der Waals surface area contributed by atoms with Crippen LogP contribution in [0, 0.1) is 0 Å². The maximum atomic E-state index is 12.3. The van der Waals surface area contributed by atoms with E-state index in [4.69, 9.17) is 0 Å². The smallest absolute Gasteiger partial charge is 0.251 e. The SMILES string of the molecule is CCNC(=O)C(Cc1ccccc1)NC(=O)c1ccccc1. The number of benzene rings is 2. The first-order valence-electron chi connectivity index (χ1n) is 7.38. The molecule has 0 bridgehead atoms. The summed E-state index contributed by atoms with van der Waals surface area (Å²) in [5, 5.41) is 5.58. The summed E-state index contributed by atoms with van der Waals surface area (Å²) in [5.41, 5.74) is 1.55. The summed E-state index contributed by atoms with van der Waals surface area (Å²) in [6.07, 6.45) is 0.464. The van der Waals surface area contributed by atoms with Crippen LogP contribution in [0.15, 0.2) is 60.7 Å². The van der Waals surface area contributed by atoms with Crippen molar-refractivity contribution in [1.29, 1.82) is 0 Å². The number of amides is 2. The van der Waals surface area contributed by atoms with Crippen LogP contribution in [-0.4, -0.2) is 24.4 Å². The average molecular weight is 296 g/mol. The Bertz CT molecular complexity index is 611. The van der Waals surface area contributed by atoms with Crippen molar-refractivity contribution in [3.8, 4) is 0 Å². The highest BCUT2D eigenvalue weighted by Crippen LogP contribution is 2.05. The van der Waals surface area contributed by atoms with E-state index in [1.54, 1.807) is 24.3 Å². The van der Waals surface area contributed by atoms with E-state index in [0.29, 0.717) is 18.5 Å². The molecule has 0 fully saturated rings. The second kappa shape index (κ2) is 7.98. The van der Waals surface area contributed by atoms with E-state index in [9.17, 15) is 9.59 Å². The molecular weight excluding hydrogens is 276 g/mol. The molecule has 0 saturated heterocycles. The van der Waals surface area contributed by atoms with Crippen LogP contribution in [0.4, 0.5) is 0 Å². The van der Waals surface area contributed by atoms with E-state index in [0.717, 1.165) is 5.56 Å². The fourth-order valence-electron chi connectivity index (χ4n) is 2.19. The molecule has 0 heterocycles. The Hall–Kier alpha value is -2.62. The molecule has 1 unspecified atom stereocenters. The zero-order chi connectivity index (χ0) is 15.8. The van der Waals surface area contributed by atoms with Crippen LogP contribution in [-0.2, 0) is 11.2 Å². The van der Waals surface area contributed by atoms with Gasteiger partial charge in [-0.05, 0) is 24.6 Å². The van der Waals surface area contributed by atoms with Crippen LogP contribution in [0.2, 0.25) is 0 Å². The molecule has 1 atom stereocenters. The van der Waals surface area contributed by atoms with Crippen molar-refractivity contribution in [3.05, 3.63) is 71.8 Å². The van der Waals surface area contributed by atoms with Gasteiger partial charge in [-0.1, -0.05) is 48.5 Å². The second-order valence-electron chi connectivity index (χ2n) is 4.98. The number of hydrogen-bond donors (Lipinski definition) is 2. The first-order chi connectivity index (χ1) is 10.7. The van der Waals surface area contributed by atoms with Crippen LogP contribution >= 0.6 is 0 Å².